The highest BCUT2D eigenvalue weighted by molar-refractivity contribution is 7.98. The molecule has 0 radical (unpaired) electrons. The molecule has 2 aromatic carbocycles. The number of alkyl halides is 6. The fraction of sp³-hybridized carbons (Fsp3) is 0.292. The Bertz CT molecular complexity index is 1180. The van der Waals surface area contributed by atoms with Crippen molar-refractivity contribution in [1.82, 2.24) is 0 Å². The van der Waals surface area contributed by atoms with Gasteiger partial charge in [-0.3, -0.25) is 0 Å². The quantitative estimate of drug-likeness (QED) is 0.243. The molecule has 0 saturated heterocycles. The van der Waals surface area contributed by atoms with Gasteiger partial charge in [0.2, 0.25) is 0 Å². The maximum absolute atomic E-state index is 13.6. The predicted octanol–water partition coefficient (Wildman–Crippen LogP) is 7.83. The van der Waals surface area contributed by atoms with Crippen LogP contribution in [0.4, 0.5) is 26.3 Å². The molecule has 188 valence electrons. The molecule has 1 unspecified atom stereocenters. The maximum Gasteiger partial charge on any atom is 0.420 e. The van der Waals surface area contributed by atoms with E-state index >= 15 is 0 Å². The molecule has 1 aromatic heterocycles. The number of carboxylic acid groups (broad SMARTS) is 1. The van der Waals surface area contributed by atoms with E-state index in [0.29, 0.717) is 22.6 Å². The second kappa shape index (κ2) is 10.3. The van der Waals surface area contributed by atoms with E-state index in [2.05, 4.69) is 0 Å². The smallest absolute Gasteiger partial charge is 0.420 e. The Hall–Kier alpha value is -3.08. The Balaban J connectivity index is 1.78. The van der Waals surface area contributed by atoms with Gasteiger partial charge in [-0.05, 0) is 49.7 Å². The average Bonchev–Trinajstić information content (AvgIpc) is 3.15. The lowest BCUT2D eigenvalue weighted by molar-refractivity contribution is -0.148. The third kappa shape index (κ3) is 6.53. The minimum Gasteiger partial charge on any atom is -0.479 e. The van der Waals surface area contributed by atoms with Crippen molar-refractivity contribution in [3.63, 3.8) is 0 Å². The summed E-state index contributed by atoms with van der Waals surface area (Å²) in [7, 11) is 0. The summed E-state index contributed by atoms with van der Waals surface area (Å²) in [6, 6.07) is 9.46. The lowest BCUT2D eigenvalue weighted by Crippen LogP contribution is -2.27. The molecule has 0 bridgehead atoms. The highest BCUT2D eigenvalue weighted by Gasteiger charge is 2.36. The molecule has 0 aliphatic carbocycles. The molecule has 0 aliphatic rings. The van der Waals surface area contributed by atoms with Crippen molar-refractivity contribution in [3.8, 4) is 17.1 Å². The molecular formula is C24H20F6O4S. The van der Waals surface area contributed by atoms with E-state index in [4.69, 9.17) is 14.3 Å². The molecule has 0 amide bonds. The van der Waals surface area contributed by atoms with Crippen LogP contribution in [0.3, 0.4) is 0 Å². The zero-order valence-electron chi connectivity index (χ0n) is 18.5. The van der Waals surface area contributed by atoms with Crippen molar-refractivity contribution in [2.45, 2.75) is 49.4 Å². The number of aliphatic carboxylic acids is 1. The Kier molecular flexibility index (Phi) is 7.78. The highest BCUT2D eigenvalue weighted by Crippen LogP contribution is 2.40. The van der Waals surface area contributed by atoms with Crippen molar-refractivity contribution in [2.75, 3.05) is 0 Å². The van der Waals surface area contributed by atoms with Crippen molar-refractivity contribution in [2.24, 2.45) is 0 Å². The summed E-state index contributed by atoms with van der Waals surface area (Å²) in [6.45, 7) is 3.14. The summed E-state index contributed by atoms with van der Waals surface area (Å²) >= 11 is 1.09. The van der Waals surface area contributed by atoms with Gasteiger partial charge in [-0.2, -0.15) is 26.3 Å². The molecule has 0 spiro atoms. The topological polar surface area (TPSA) is 59.7 Å². The van der Waals surface area contributed by atoms with Gasteiger partial charge < -0.3 is 14.3 Å². The van der Waals surface area contributed by atoms with E-state index in [1.54, 1.807) is 13.0 Å². The molecule has 11 heteroatoms. The van der Waals surface area contributed by atoms with Crippen LogP contribution in [0.1, 0.15) is 35.8 Å². The van der Waals surface area contributed by atoms with Crippen LogP contribution >= 0.6 is 11.8 Å². The standard InChI is InChI=1S/C24H20F6O4S/c1-3-19(22(31)32)34-20-9-8-17(11-18(20)24(28,29)30)35-12-15-10-21(33-13(15)2)14-4-6-16(7-5-14)23(25,26)27/h4-11,19H,3,12H2,1-2H3,(H,31,32). The van der Waals surface area contributed by atoms with Gasteiger partial charge >= 0.3 is 18.3 Å². The van der Waals surface area contributed by atoms with Gasteiger partial charge in [0.25, 0.3) is 0 Å². The maximum atomic E-state index is 13.6. The van der Waals surface area contributed by atoms with Crippen LogP contribution in [-0.2, 0) is 22.9 Å². The average molecular weight is 518 g/mol. The first-order valence-electron chi connectivity index (χ1n) is 10.3. The lowest BCUT2D eigenvalue weighted by atomic mass is 10.1. The number of carbonyl (C=O) groups is 1. The second-order valence-electron chi connectivity index (χ2n) is 7.56. The van der Waals surface area contributed by atoms with Gasteiger partial charge in [-0.15, -0.1) is 11.8 Å². The monoisotopic (exact) mass is 518 g/mol. The van der Waals surface area contributed by atoms with Crippen LogP contribution in [0.5, 0.6) is 5.75 Å². The second-order valence-corrected chi connectivity index (χ2v) is 8.61. The van der Waals surface area contributed by atoms with Gasteiger partial charge in [0.1, 0.15) is 17.3 Å². The molecule has 3 rings (SSSR count). The fourth-order valence-electron chi connectivity index (χ4n) is 3.17. The first kappa shape index (κ1) is 26.5. The van der Waals surface area contributed by atoms with Crippen molar-refractivity contribution < 1.29 is 45.4 Å². The number of thioether (sulfide) groups is 1. The number of ether oxygens (including phenoxy) is 1. The minimum atomic E-state index is -4.76. The third-order valence-corrected chi connectivity index (χ3v) is 6.13. The normalized spacial score (nSPS) is 13.0. The van der Waals surface area contributed by atoms with Crippen LogP contribution < -0.4 is 4.74 Å². The van der Waals surface area contributed by atoms with Gasteiger partial charge in [0.05, 0.1) is 11.1 Å². The molecular weight excluding hydrogens is 498 g/mol. The van der Waals surface area contributed by atoms with Gasteiger partial charge in [0, 0.05) is 21.8 Å². The third-order valence-electron chi connectivity index (χ3n) is 5.08. The largest absolute Gasteiger partial charge is 0.479 e. The molecule has 0 fully saturated rings. The molecule has 1 heterocycles. The molecule has 1 atom stereocenters. The summed E-state index contributed by atoms with van der Waals surface area (Å²) in [6.07, 6.45) is -10.6. The summed E-state index contributed by atoms with van der Waals surface area (Å²) in [4.78, 5) is 11.4. The number of hydrogen-bond donors (Lipinski definition) is 1. The number of halogens is 6. The van der Waals surface area contributed by atoms with Gasteiger partial charge in [-0.1, -0.05) is 19.1 Å². The summed E-state index contributed by atoms with van der Waals surface area (Å²) in [5.74, 6) is -0.875. The van der Waals surface area contributed by atoms with Gasteiger partial charge in [-0.25, -0.2) is 4.79 Å². The Labute approximate surface area is 200 Å². The number of rotatable bonds is 8. The van der Waals surface area contributed by atoms with Crippen LogP contribution in [0, 0.1) is 6.92 Å². The van der Waals surface area contributed by atoms with Crippen molar-refractivity contribution in [1.29, 1.82) is 0 Å². The summed E-state index contributed by atoms with van der Waals surface area (Å²) in [5, 5.41) is 9.08. The van der Waals surface area contributed by atoms with Crippen LogP contribution in [0.25, 0.3) is 11.3 Å². The Morgan fingerprint density at radius 3 is 2.23 bits per heavy atom. The summed E-state index contributed by atoms with van der Waals surface area (Å²) < 4.78 is 89.8. The van der Waals surface area contributed by atoms with Gasteiger partial charge in [0.15, 0.2) is 6.10 Å². The molecule has 0 aliphatic heterocycles. The van der Waals surface area contributed by atoms with Crippen LogP contribution in [0.15, 0.2) is 57.8 Å². The van der Waals surface area contributed by atoms with E-state index in [1.807, 2.05) is 0 Å². The molecule has 4 nitrogen and oxygen atoms in total. The van der Waals surface area contributed by atoms with Crippen molar-refractivity contribution >= 4 is 17.7 Å². The molecule has 35 heavy (non-hydrogen) atoms. The number of benzene rings is 2. The van der Waals surface area contributed by atoms with E-state index in [1.165, 1.54) is 25.1 Å². The fourth-order valence-corrected chi connectivity index (χ4v) is 4.15. The van der Waals surface area contributed by atoms with Crippen LogP contribution in [-0.4, -0.2) is 17.2 Å². The molecule has 0 saturated carbocycles. The minimum absolute atomic E-state index is 0.00976. The predicted molar refractivity (Wildman–Crippen MR) is 117 cm³/mol. The zero-order valence-corrected chi connectivity index (χ0v) is 19.3. The lowest BCUT2D eigenvalue weighted by Gasteiger charge is -2.18. The number of carboxylic acids is 1. The van der Waals surface area contributed by atoms with Crippen LogP contribution in [0.2, 0.25) is 0 Å². The van der Waals surface area contributed by atoms with Crippen molar-refractivity contribution in [3.05, 3.63) is 71.0 Å². The van der Waals surface area contributed by atoms with E-state index in [0.717, 1.165) is 36.0 Å². The SMILES string of the molecule is CCC(Oc1ccc(SCc2cc(-c3ccc(C(F)(F)F)cc3)oc2C)cc1C(F)(F)F)C(=O)O. The number of furan rings is 1. The van der Waals surface area contributed by atoms with E-state index < -0.39 is 41.3 Å². The van der Waals surface area contributed by atoms with E-state index in [-0.39, 0.29) is 17.1 Å². The summed E-state index contributed by atoms with van der Waals surface area (Å²) in [5.41, 5.74) is -0.781. The molecule has 1 N–H and O–H groups in total. The molecule has 3 aromatic rings. The Morgan fingerprint density at radius 2 is 1.69 bits per heavy atom. The van der Waals surface area contributed by atoms with E-state index in [9.17, 15) is 31.1 Å². The first-order chi connectivity index (χ1) is 16.3. The number of aryl methyl sites for hydroxylation is 1. The number of hydrogen-bond acceptors (Lipinski definition) is 4. The first-order valence-corrected chi connectivity index (χ1v) is 11.3. The highest BCUT2D eigenvalue weighted by atomic mass is 32.2. The Morgan fingerprint density at radius 1 is 1.03 bits per heavy atom. The zero-order chi connectivity index (χ0) is 26.0.